The molecule has 1 aromatic carbocycles. The lowest BCUT2D eigenvalue weighted by molar-refractivity contribution is -0.154. The zero-order valence-electron chi connectivity index (χ0n) is 25.7. The summed E-state index contributed by atoms with van der Waals surface area (Å²) in [5.41, 5.74) is 12.6. The zero-order valence-corrected chi connectivity index (χ0v) is 25.7. The van der Waals surface area contributed by atoms with Crippen molar-refractivity contribution in [3.05, 3.63) is 35.4 Å². The second-order valence-electron chi connectivity index (χ2n) is 12.3. The lowest BCUT2D eigenvalue weighted by Gasteiger charge is -2.40. The van der Waals surface area contributed by atoms with Gasteiger partial charge in [0, 0.05) is 39.4 Å². The number of aliphatic hydroxyl groups excluding tert-OH is 1. The van der Waals surface area contributed by atoms with Gasteiger partial charge in [0.15, 0.2) is 5.96 Å². The maximum absolute atomic E-state index is 14.4. The predicted molar refractivity (Wildman–Crippen MR) is 164 cm³/mol. The van der Waals surface area contributed by atoms with Crippen molar-refractivity contribution >= 4 is 35.6 Å². The number of aliphatic carboxylic acids is 1. The smallest absolute Gasteiger partial charge is 0.326 e. The molecule has 2 heterocycles. The van der Waals surface area contributed by atoms with Crippen molar-refractivity contribution in [1.29, 1.82) is 0 Å². The molecule has 2 fully saturated rings. The van der Waals surface area contributed by atoms with Crippen LogP contribution in [0.3, 0.4) is 0 Å². The summed E-state index contributed by atoms with van der Waals surface area (Å²) in [4.78, 5) is 72.7. The van der Waals surface area contributed by atoms with Gasteiger partial charge in [-0.2, -0.15) is 0 Å². The van der Waals surface area contributed by atoms with E-state index in [4.69, 9.17) is 11.5 Å². The summed E-state index contributed by atoms with van der Waals surface area (Å²) in [5.74, 6) is -3.34. The lowest BCUT2D eigenvalue weighted by Crippen LogP contribution is -2.61. The van der Waals surface area contributed by atoms with Gasteiger partial charge in [-0.25, -0.2) is 4.79 Å². The maximum atomic E-state index is 14.4. The molecule has 0 aromatic heterocycles. The molecule has 0 radical (unpaired) electrons. The third-order valence-corrected chi connectivity index (χ3v) is 8.99. The van der Waals surface area contributed by atoms with E-state index in [1.807, 2.05) is 24.3 Å². The first kappa shape index (κ1) is 33.7. The first-order chi connectivity index (χ1) is 21.5. The largest absolute Gasteiger partial charge is 0.480 e. The number of fused-ring (bicyclic) bond motifs is 1. The van der Waals surface area contributed by atoms with E-state index >= 15 is 0 Å². The van der Waals surface area contributed by atoms with Gasteiger partial charge in [0.2, 0.25) is 23.6 Å². The molecule has 0 bridgehead atoms. The van der Waals surface area contributed by atoms with Crippen LogP contribution in [0.4, 0.5) is 0 Å². The molecule has 8 N–H and O–H groups in total. The highest BCUT2D eigenvalue weighted by molar-refractivity contribution is 5.95. The SMILES string of the molecule is CC(=O)NC(C(=O)N[C@@H](CCCN=C(N)N)C(=O)N1Cc2ccccc2C[C@H]1C(=O)N1C[C@H](O)C[C@H]1C(=O)O)C1CCCCC1. The van der Waals surface area contributed by atoms with Gasteiger partial charge in [0.1, 0.15) is 24.2 Å². The van der Waals surface area contributed by atoms with Gasteiger partial charge in [-0.05, 0) is 42.7 Å². The number of amides is 4. The molecule has 5 atom stereocenters. The fourth-order valence-electron chi connectivity index (χ4n) is 6.76. The fraction of sp³-hybridized carbons (Fsp3) is 0.613. The van der Waals surface area contributed by atoms with Crippen LogP contribution in [-0.2, 0) is 36.9 Å². The van der Waals surface area contributed by atoms with E-state index in [9.17, 15) is 34.2 Å². The van der Waals surface area contributed by atoms with Crippen molar-refractivity contribution in [2.75, 3.05) is 13.1 Å². The van der Waals surface area contributed by atoms with Crippen LogP contribution in [0.5, 0.6) is 0 Å². The van der Waals surface area contributed by atoms with Crippen molar-refractivity contribution in [3.8, 4) is 0 Å². The van der Waals surface area contributed by atoms with Crippen LogP contribution in [-0.4, -0.2) is 98.9 Å². The van der Waals surface area contributed by atoms with Gasteiger partial charge in [-0.15, -0.1) is 0 Å². The molecule has 2 aliphatic heterocycles. The molecule has 1 aromatic rings. The first-order valence-corrected chi connectivity index (χ1v) is 15.7. The molecule has 4 rings (SSSR count). The molecule has 1 unspecified atom stereocenters. The second kappa shape index (κ2) is 15.2. The summed E-state index contributed by atoms with van der Waals surface area (Å²) >= 11 is 0. The number of carbonyl (C=O) groups is 5. The average molecular weight is 628 g/mol. The summed E-state index contributed by atoms with van der Waals surface area (Å²) in [5, 5.41) is 25.6. The van der Waals surface area contributed by atoms with Crippen LogP contribution in [0.2, 0.25) is 0 Å². The molecule has 4 amide bonds. The Labute approximate surface area is 262 Å². The van der Waals surface area contributed by atoms with Crippen LogP contribution in [0.15, 0.2) is 29.3 Å². The Balaban J connectivity index is 1.64. The normalized spacial score (nSPS) is 22.9. The van der Waals surface area contributed by atoms with Gasteiger partial charge < -0.3 is 42.1 Å². The molecule has 45 heavy (non-hydrogen) atoms. The number of carboxylic acid groups (broad SMARTS) is 1. The summed E-state index contributed by atoms with van der Waals surface area (Å²) < 4.78 is 0. The van der Waals surface area contributed by atoms with Crippen LogP contribution in [0, 0.1) is 5.92 Å². The number of guanidine groups is 1. The quantitative estimate of drug-likeness (QED) is 0.107. The number of carbonyl (C=O) groups excluding carboxylic acids is 4. The third kappa shape index (κ3) is 8.50. The fourth-order valence-corrected chi connectivity index (χ4v) is 6.76. The summed E-state index contributed by atoms with van der Waals surface area (Å²) in [6.45, 7) is 1.46. The van der Waals surface area contributed by atoms with Crippen LogP contribution >= 0.6 is 0 Å². The first-order valence-electron chi connectivity index (χ1n) is 15.7. The number of nitrogens with zero attached hydrogens (tertiary/aromatic N) is 3. The number of nitrogens with two attached hydrogens (primary N) is 2. The van der Waals surface area contributed by atoms with Gasteiger partial charge in [0.25, 0.3) is 0 Å². The highest BCUT2D eigenvalue weighted by Gasteiger charge is 2.46. The van der Waals surface area contributed by atoms with Gasteiger partial charge in [0.05, 0.1) is 6.10 Å². The zero-order chi connectivity index (χ0) is 32.7. The molecule has 1 saturated heterocycles. The van der Waals surface area contributed by atoms with Crippen molar-refractivity contribution < 1.29 is 34.2 Å². The van der Waals surface area contributed by atoms with Crippen LogP contribution < -0.4 is 22.1 Å². The number of β-amino-alcohol motifs (C(OH)–C–C–N with tert-alkyl or cyclic N) is 1. The van der Waals surface area contributed by atoms with E-state index < -0.39 is 54.0 Å². The minimum Gasteiger partial charge on any atom is -0.480 e. The Hall–Kier alpha value is -4.20. The van der Waals surface area contributed by atoms with Crippen molar-refractivity contribution in [2.45, 2.75) is 102 Å². The van der Waals surface area contributed by atoms with Crippen LogP contribution in [0.1, 0.15) is 69.4 Å². The van der Waals surface area contributed by atoms with E-state index in [2.05, 4.69) is 15.6 Å². The molecular weight excluding hydrogens is 582 g/mol. The third-order valence-electron chi connectivity index (χ3n) is 8.99. The van der Waals surface area contributed by atoms with Crippen molar-refractivity contribution in [2.24, 2.45) is 22.4 Å². The number of aliphatic hydroxyl groups is 1. The monoisotopic (exact) mass is 627 g/mol. The summed E-state index contributed by atoms with van der Waals surface area (Å²) in [6, 6.07) is 3.21. The van der Waals surface area contributed by atoms with Crippen molar-refractivity contribution in [3.63, 3.8) is 0 Å². The van der Waals surface area contributed by atoms with Gasteiger partial charge in [-0.3, -0.25) is 24.2 Å². The minimum absolute atomic E-state index is 0.0670. The van der Waals surface area contributed by atoms with Crippen molar-refractivity contribution in [1.82, 2.24) is 20.4 Å². The Bertz CT molecular complexity index is 1290. The summed E-state index contributed by atoms with van der Waals surface area (Å²) in [6.07, 6.45) is 4.01. The Kier molecular flexibility index (Phi) is 11.4. The van der Waals surface area contributed by atoms with E-state index in [1.165, 1.54) is 11.8 Å². The Morgan fingerprint density at radius 2 is 1.69 bits per heavy atom. The highest BCUT2D eigenvalue weighted by atomic mass is 16.4. The van der Waals surface area contributed by atoms with E-state index in [0.717, 1.165) is 48.1 Å². The van der Waals surface area contributed by atoms with Crippen LogP contribution in [0.25, 0.3) is 0 Å². The van der Waals surface area contributed by atoms with E-state index in [-0.39, 0.29) is 56.7 Å². The van der Waals surface area contributed by atoms with E-state index in [0.29, 0.717) is 6.42 Å². The molecular formula is C31H45N7O7. The lowest BCUT2D eigenvalue weighted by atomic mass is 9.83. The Morgan fingerprint density at radius 1 is 1.00 bits per heavy atom. The number of carboxylic acids is 1. The predicted octanol–water partition coefficient (Wildman–Crippen LogP) is -0.390. The standard InChI is InChI=1S/C31H45N7O7/c1-18(39)35-26(19-8-3-2-4-9-19)27(41)36-23(12-7-13-34-31(32)33)28(42)37-16-21-11-6-5-10-20(21)14-24(37)29(43)38-17-22(40)15-25(38)30(44)45/h5-6,10-11,19,22-26,40H,2-4,7-9,12-17H2,1H3,(H,35,39)(H,36,41)(H,44,45)(H4,32,33,34)/t22-,23+,24+,25+,26?/m1/s1. The second-order valence-corrected chi connectivity index (χ2v) is 12.3. The highest BCUT2D eigenvalue weighted by Crippen LogP contribution is 2.30. The van der Waals surface area contributed by atoms with E-state index in [1.54, 1.807) is 0 Å². The van der Waals surface area contributed by atoms with Gasteiger partial charge >= 0.3 is 5.97 Å². The molecule has 1 saturated carbocycles. The number of nitrogens with one attached hydrogen (secondary N) is 2. The number of rotatable bonds is 11. The van der Waals surface area contributed by atoms with Gasteiger partial charge in [-0.1, -0.05) is 43.5 Å². The average Bonchev–Trinajstić information content (AvgIpc) is 3.42. The number of benzene rings is 1. The molecule has 14 heteroatoms. The Morgan fingerprint density at radius 3 is 2.33 bits per heavy atom. The number of hydrogen-bond donors (Lipinski definition) is 6. The molecule has 246 valence electrons. The number of hydrogen-bond acceptors (Lipinski definition) is 7. The molecule has 14 nitrogen and oxygen atoms in total. The molecule has 0 spiro atoms. The number of aliphatic imine (C=N–C) groups is 1. The number of likely N-dealkylation sites (tertiary alicyclic amines) is 1. The maximum Gasteiger partial charge on any atom is 0.326 e. The molecule has 1 aliphatic carbocycles. The minimum atomic E-state index is -1.23. The summed E-state index contributed by atoms with van der Waals surface area (Å²) in [7, 11) is 0. The topological polar surface area (TPSA) is 221 Å². The molecule has 3 aliphatic rings.